The van der Waals surface area contributed by atoms with Crippen LogP contribution in [0.3, 0.4) is 0 Å². The number of phenolic OH excluding ortho intramolecular Hbond substituents is 1. The van der Waals surface area contributed by atoms with E-state index in [2.05, 4.69) is 0 Å². The smallest absolute Gasteiger partial charge is 0.165 e. The van der Waals surface area contributed by atoms with Crippen molar-refractivity contribution in [3.8, 4) is 5.75 Å². The Morgan fingerprint density at radius 3 is 2.31 bits per heavy atom. The Morgan fingerprint density at radius 1 is 1.31 bits per heavy atom. The van der Waals surface area contributed by atoms with E-state index in [1.54, 1.807) is 0 Å². The molecule has 0 amide bonds. The van der Waals surface area contributed by atoms with Crippen molar-refractivity contribution < 1.29 is 9.50 Å². The zero-order valence-corrected chi connectivity index (χ0v) is 10.8. The zero-order valence-electron chi connectivity index (χ0n) is 10.8. The molecule has 0 spiro atoms. The van der Waals surface area contributed by atoms with E-state index in [0.717, 1.165) is 12.0 Å². The van der Waals surface area contributed by atoms with Gasteiger partial charge in [0.2, 0.25) is 0 Å². The summed E-state index contributed by atoms with van der Waals surface area (Å²) in [5.74, 6) is -0.444. The van der Waals surface area contributed by atoms with Gasteiger partial charge in [0.05, 0.1) is 0 Å². The van der Waals surface area contributed by atoms with Crippen molar-refractivity contribution in [3.05, 3.63) is 29.1 Å². The third-order valence-electron chi connectivity index (χ3n) is 3.37. The van der Waals surface area contributed by atoms with Crippen LogP contribution in [0.5, 0.6) is 5.75 Å². The van der Waals surface area contributed by atoms with Crippen molar-refractivity contribution in [3.63, 3.8) is 0 Å². The summed E-state index contributed by atoms with van der Waals surface area (Å²) in [6, 6.07) is 3.35. The molecule has 0 aliphatic heterocycles. The van der Waals surface area contributed by atoms with Gasteiger partial charge in [-0.2, -0.15) is 0 Å². The van der Waals surface area contributed by atoms with Crippen molar-refractivity contribution >= 4 is 0 Å². The van der Waals surface area contributed by atoms with Gasteiger partial charge < -0.3 is 5.11 Å². The molecule has 0 aliphatic rings. The number of benzene rings is 1. The van der Waals surface area contributed by atoms with E-state index in [1.807, 2.05) is 40.7 Å². The second-order valence-electron chi connectivity index (χ2n) is 5.29. The Bertz CT molecular complexity index is 381. The standard InChI is InChI=1S/C14H21FO/c1-6-14(4,5)11-7-10(9(2)3)8-12(15)13(11)16/h7-9,16H,6H2,1-5H3. The summed E-state index contributed by atoms with van der Waals surface area (Å²) in [6.07, 6.45) is 0.863. The third kappa shape index (κ3) is 2.37. The van der Waals surface area contributed by atoms with Crippen LogP contribution in [0.25, 0.3) is 0 Å². The second-order valence-corrected chi connectivity index (χ2v) is 5.29. The predicted molar refractivity (Wildman–Crippen MR) is 65.5 cm³/mol. The molecule has 90 valence electrons. The fourth-order valence-electron chi connectivity index (χ4n) is 1.66. The van der Waals surface area contributed by atoms with Crippen LogP contribution in [0.15, 0.2) is 12.1 Å². The van der Waals surface area contributed by atoms with Gasteiger partial charge in [-0.15, -0.1) is 0 Å². The summed E-state index contributed by atoms with van der Waals surface area (Å²) in [5.41, 5.74) is 1.45. The van der Waals surface area contributed by atoms with Gasteiger partial charge in [0, 0.05) is 5.56 Å². The molecule has 0 heterocycles. The zero-order chi connectivity index (χ0) is 12.5. The second kappa shape index (κ2) is 4.44. The third-order valence-corrected chi connectivity index (χ3v) is 3.37. The van der Waals surface area contributed by atoms with Gasteiger partial charge in [0.25, 0.3) is 0 Å². The van der Waals surface area contributed by atoms with Crippen molar-refractivity contribution in [2.24, 2.45) is 0 Å². The molecule has 0 saturated carbocycles. The predicted octanol–water partition coefficient (Wildman–Crippen LogP) is 4.34. The average molecular weight is 224 g/mol. The SMILES string of the molecule is CCC(C)(C)c1cc(C(C)C)cc(F)c1O. The van der Waals surface area contributed by atoms with Crippen LogP contribution in [-0.4, -0.2) is 5.11 Å². The monoisotopic (exact) mass is 224 g/mol. The molecule has 1 rings (SSSR count). The van der Waals surface area contributed by atoms with Crippen LogP contribution in [0, 0.1) is 5.82 Å². The number of hydrogen-bond acceptors (Lipinski definition) is 1. The fraction of sp³-hybridized carbons (Fsp3) is 0.571. The minimum Gasteiger partial charge on any atom is -0.505 e. The first-order chi connectivity index (χ1) is 7.29. The Hall–Kier alpha value is -1.05. The van der Waals surface area contributed by atoms with Gasteiger partial charge in [0.15, 0.2) is 11.6 Å². The highest BCUT2D eigenvalue weighted by Gasteiger charge is 2.24. The molecule has 0 bridgehead atoms. The molecule has 0 fully saturated rings. The first-order valence-corrected chi connectivity index (χ1v) is 5.82. The molecular weight excluding hydrogens is 203 g/mol. The Labute approximate surface area is 97.3 Å². The Morgan fingerprint density at radius 2 is 1.88 bits per heavy atom. The highest BCUT2D eigenvalue weighted by molar-refractivity contribution is 5.43. The maximum absolute atomic E-state index is 13.6. The number of aromatic hydroxyl groups is 1. The maximum atomic E-state index is 13.6. The van der Waals surface area contributed by atoms with Crippen LogP contribution in [0.2, 0.25) is 0 Å². The van der Waals surface area contributed by atoms with Crippen molar-refractivity contribution in [2.75, 3.05) is 0 Å². The van der Waals surface area contributed by atoms with Crippen LogP contribution in [-0.2, 0) is 5.41 Å². The number of halogens is 1. The summed E-state index contributed by atoms with van der Waals surface area (Å²) in [5, 5.41) is 9.80. The maximum Gasteiger partial charge on any atom is 0.165 e. The molecule has 0 radical (unpaired) electrons. The van der Waals surface area contributed by atoms with Gasteiger partial charge in [-0.1, -0.05) is 40.7 Å². The molecule has 1 aromatic rings. The first kappa shape index (κ1) is 13.0. The lowest BCUT2D eigenvalue weighted by molar-refractivity contribution is 0.397. The summed E-state index contributed by atoms with van der Waals surface area (Å²) < 4.78 is 13.6. The molecule has 2 heteroatoms. The van der Waals surface area contributed by atoms with Crippen LogP contribution < -0.4 is 0 Å². The van der Waals surface area contributed by atoms with E-state index < -0.39 is 5.82 Å². The van der Waals surface area contributed by atoms with E-state index in [0.29, 0.717) is 5.56 Å². The minimum absolute atomic E-state index is 0.198. The lowest BCUT2D eigenvalue weighted by atomic mass is 9.80. The Kier molecular flexibility index (Phi) is 3.61. The molecule has 16 heavy (non-hydrogen) atoms. The molecule has 0 atom stereocenters. The topological polar surface area (TPSA) is 20.2 Å². The van der Waals surface area contributed by atoms with Gasteiger partial charge >= 0.3 is 0 Å². The summed E-state index contributed by atoms with van der Waals surface area (Å²) >= 11 is 0. The van der Waals surface area contributed by atoms with Crippen molar-refractivity contribution in [1.82, 2.24) is 0 Å². The Balaban J connectivity index is 3.38. The first-order valence-electron chi connectivity index (χ1n) is 5.82. The number of rotatable bonds is 3. The van der Waals surface area contributed by atoms with E-state index in [1.165, 1.54) is 6.07 Å². The number of hydrogen-bond donors (Lipinski definition) is 1. The van der Waals surface area contributed by atoms with E-state index in [-0.39, 0.29) is 17.1 Å². The van der Waals surface area contributed by atoms with E-state index >= 15 is 0 Å². The molecular formula is C14H21FO. The normalized spacial score (nSPS) is 12.2. The largest absolute Gasteiger partial charge is 0.505 e. The lowest BCUT2D eigenvalue weighted by Crippen LogP contribution is -2.16. The molecule has 0 aliphatic carbocycles. The van der Waals surface area contributed by atoms with E-state index in [4.69, 9.17) is 0 Å². The van der Waals surface area contributed by atoms with Crippen molar-refractivity contribution in [1.29, 1.82) is 0 Å². The quantitative estimate of drug-likeness (QED) is 0.809. The van der Waals surface area contributed by atoms with Crippen LogP contribution in [0.4, 0.5) is 4.39 Å². The fourth-order valence-corrected chi connectivity index (χ4v) is 1.66. The lowest BCUT2D eigenvalue weighted by Gasteiger charge is -2.25. The minimum atomic E-state index is -0.511. The summed E-state index contributed by atoms with van der Waals surface area (Å²) in [7, 11) is 0. The highest BCUT2D eigenvalue weighted by Crippen LogP contribution is 2.37. The highest BCUT2D eigenvalue weighted by atomic mass is 19.1. The van der Waals surface area contributed by atoms with Crippen LogP contribution >= 0.6 is 0 Å². The van der Waals surface area contributed by atoms with Crippen molar-refractivity contribution in [2.45, 2.75) is 52.4 Å². The number of phenols is 1. The summed E-state index contributed by atoms with van der Waals surface area (Å²) in [6.45, 7) is 10.1. The van der Waals surface area contributed by atoms with Gasteiger partial charge in [-0.3, -0.25) is 0 Å². The van der Waals surface area contributed by atoms with Gasteiger partial charge in [-0.25, -0.2) is 4.39 Å². The molecule has 0 aromatic heterocycles. The molecule has 1 N–H and O–H groups in total. The van der Waals surface area contributed by atoms with Crippen LogP contribution in [0.1, 0.15) is 58.1 Å². The molecule has 1 aromatic carbocycles. The average Bonchev–Trinajstić information content (AvgIpc) is 2.21. The van der Waals surface area contributed by atoms with Gasteiger partial charge in [0.1, 0.15) is 0 Å². The van der Waals surface area contributed by atoms with E-state index in [9.17, 15) is 9.50 Å². The van der Waals surface area contributed by atoms with Gasteiger partial charge in [-0.05, 0) is 29.4 Å². The molecule has 0 unspecified atom stereocenters. The molecule has 1 nitrogen and oxygen atoms in total. The summed E-state index contributed by atoms with van der Waals surface area (Å²) in [4.78, 5) is 0. The molecule has 0 saturated heterocycles.